The number of aliphatic hydroxyl groups excluding tert-OH is 1. The topological polar surface area (TPSA) is 79.1 Å². The first-order valence-electron chi connectivity index (χ1n) is 8.28. The molecule has 7 nitrogen and oxygen atoms in total. The summed E-state index contributed by atoms with van der Waals surface area (Å²) in [5.41, 5.74) is 0.867. The molecular weight excluding hydrogens is 310 g/mol. The number of nitrogens with zero attached hydrogens (tertiary/aromatic N) is 3. The lowest BCUT2D eigenvalue weighted by Gasteiger charge is -2.37. The van der Waals surface area contributed by atoms with Gasteiger partial charge in [-0.15, -0.1) is 0 Å². The second-order valence-electron chi connectivity index (χ2n) is 7.14. The number of aliphatic hydroxyl groups is 1. The van der Waals surface area contributed by atoms with Gasteiger partial charge in [-0.25, -0.2) is 0 Å². The molecule has 0 radical (unpaired) electrons. The van der Waals surface area contributed by atoms with Crippen molar-refractivity contribution < 1.29 is 14.8 Å². The Morgan fingerprint density at radius 1 is 1.21 bits per heavy atom. The highest BCUT2D eigenvalue weighted by atomic mass is 16.6. The van der Waals surface area contributed by atoms with Crippen LogP contribution in [0.3, 0.4) is 0 Å². The molecule has 24 heavy (non-hydrogen) atoms. The number of piperazine rings is 1. The zero-order valence-electron chi connectivity index (χ0n) is 14.6. The number of ether oxygens (including phenoxy) is 1. The van der Waals surface area contributed by atoms with Crippen LogP contribution in [0.1, 0.15) is 20.8 Å². The SMILES string of the molecule is CC(C)(C)OCC(O)CN1CCN(c2ccc([N+](=O)[O-])cc2)CC1. The van der Waals surface area contributed by atoms with Crippen LogP contribution in [-0.2, 0) is 4.74 Å². The molecule has 0 aliphatic carbocycles. The van der Waals surface area contributed by atoms with Crippen molar-refractivity contribution in [1.29, 1.82) is 0 Å². The van der Waals surface area contributed by atoms with Crippen LogP contribution in [0.2, 0.25) is 0 Å². The molecule has 1 unspecified atom stereocenters. The first-order valence-corrected chi connectivity index (χ1v) is 8.28. The van der Waals surface area contributed by atoms with E-state index in [1.807, 2.05) is 20.8 Å². The van der Waals surface area contributed by atoms with Crippen molar-refractivity contribution in [1.82, 2.24) is 4.90 Å². The number of β-amino-alcohol motifs (C(OH)–C–C–N with tert-alkyl or cyclic N) is 1. The molecule has 1 heterocycles. The van der Waals surface area contributed by atoms with E-state index in [1.165, 1.54) is 12.1 Å². The third-order valence-corrected chi connectivity index (χ3v) is 3.98. The molecular formula is C17H27N3O4. The number of rotatable bonds is 6. The van der Waals surface area contributed by atoms with Crippen molar-refractivity contribution >= 4 is 11.4 Å². The van der Waals surface area contributed by atoms with Crippen molar-refractivity contribution in [3.63, 3.8) is 0 Å². The molecule has 1 atom stereocenters. The van der Waals surface area contributed by atoms with Gasteiger partial charge in [-0.2, -0.15) is 0 Å². The molecule has 134 valence electrons. The molecule has 1 saturated heterocycles. The van der Waals surface area contributed by atoms with Crippen molar-refractivity contribution in [2.75, 3.05) is 44.2 Å². The maximum Gasteiger partial charge on any atom is 0.269 e. The van der Waals surface area contributed by atoms with Crippen molar-refractivity contribution in [2.45, 2.75) is 32.5 Å². The average Bonchev–Trinajstić information content (AvgIpc) is 2.53. The summed E-state index contributed by atoms with van der Waals surface area (Å²) in [6.45, 7) is 10.2. The summed E-state index contributed by atoms with van der Waals surface area (Å²) in [6, 6.07) is 6.66. The van der Waals surface area contributed by atoms with Gasteiger partial charge in [0.1, 0.15) is 0 Å². The van der Waals surface area contributed by atoms with Crippen molar-refractivity contribution in [2.24, 2.45) is 0 Å². The van der Waals surface area contributed by atoms with Crippen LogP contribution in [0.25, 0.3) is 0 Å². The maximum atomic E-state index is 10.7. The van der Waals surface area contributed by atoms with E-state index in [0.29, 0.717) is 13.2 Å². The molecule has 2 rings (SSSR count). The molecule has 1 aromatic carbocycles. The Balaban J connectivity index is 1.77. The zero-order chi connectivity index (χ0) is 17.7. The maximum absolute atomic E-state index is 10.7. The molecule has 0 aromatic heterocycles. The predicted octanol–water partition coefficient (Wildman–Crippen LogP) is 1.89. The minimum absolute atomic E-state index is 0.111. The molecule has 0 spiro atoms. The van der Waals surface area contributed by atoms with Gasteiger partial charge in [-0.05, 0) is 32.9 Å². The normalized spacial score (nSPS) is 17.8. The molecule has 0 saturated carbocycles. The zero-order valence-corrected chi connectivity index (χ0v) is 14.6. The van der Waals surface area contributed by atoms with E-state index in [1.54, 1.807) is 12.1 Å². The number of nitro groups is 1. The van der Waals surface area contributed by atoms with Gasteiger partial charge in [-0.1, -0.05) is 0 Å². The van der Waals surface area contributed by atoms with Crippen LogP contribution < -0.4 is 4.90 Å². The quantitative estimate of drug-likeness (QED) is 0.631. The monoisotopic (exact) mass is 337 g/mol. The van der Waals surface area contributed by atoms with Gasteiger partial charge in [0.2, 0.25) is 0 Å². The van der Waals surface area contributed by atoms with Crippen LogP contribution in [0.5, 0.6) is 0 Å². The molecule has 0 bridgehead atoms. The minimum Gasteiger partial charge on any atom is -0.389 e. The third-order valence-electron chi connectivity index (χ3n) is 3.98. The summed E-state index contributed by atoms with van der Waals surface area (Å²) in [5, 5.41) is 20.8. The second kappa shape index (κ2) is 7.92. The lowest BCUT2D eigenvalue weighted by atomic mass is 10.2. The summed E-state index contributed by atoms with van der Waals surface area (Å²) in [7, 11) is 0. The summed E-state index contributed by atoms with van der Waals surface area (Å²) in [5.74, 6) is 0. The number of anilines is 1. The first kappa shape index (κ1) is 18.6. The lowest BCUT2D eigenvalue weighted by molar-refractivity contribution is -0.384. The van der Waals surface area contributed by atoms with E-state index in [-0.39, 0.29) is 16.2 Å². The lowest BCUT2D eigenvalue weighted by Crippen LogP contribution is -2.49. The van der Waals surface area contributed by atoms with Gasteiger partial charge in [0.25, 0.3) is 5.69 Å². The van der Waals surface area contributed by atoms with E-state index in [2.05, 4.69) is 9.80 Å². The van der Waals surface area contributed by atoms with Gasteiger partial charge in [0, 0.05) is 50.5 Å². The largest absolute Gasteiger partial charge is 0.389 e. The molecule has 1 N–H and O–H groups in total. The van der Waals surface area contributed by atoms with E-state index in [9.17, 15) is 15.2 Å². The van der Waals surface area contributed by atoms with Crippen LogP contribution in [0.4, 0.5) is 11.4 Å². The standard InChI is InChI=1S/C17H27N3O4/c1-17(2,3)24-13-16(21)12-18-8-10-19(11-9-18)14-4-6-15(7-5-14)20(22)23/h4-7,16,21H,8-13H2,1-3H3. The number of hydrogen-bond acceptors (Lipinski definition) is 6. The van der Waals surface area contributed by atoms with Gasteiger partial charge in [0.15, 0.2) is 0 Å². The van der Waals surface area contributed by atoms with E-state index >= 15 is 0 Å². The predicted molar refractivity (Wildman–Crippen MR) is 93.5 cm³/mol. The Bertz CT molecular complexity index is 534. The van der Waals surface area contributed by atoms with Crippen molar-refractivity contribution in [3.8, 4) is 0 Å². The fourth-order valence-electron chi connectivity index (χ4n) is 2.67. The Labute approximate surface area is 143 Å². The number of hydrogen-bond donors (Lipinski definition) is 1. The van der Waals surface area contributed by atoms with Crippen LogP contribution >= 0.6 is 0 Å². The van der Waals surface area contributed by atoms with Crippen LogP contribution in [0, 0.1) is 10.1 Å². The van der Waals surface area contributed by atoms with Crippen molar-refractivity contribution in [3.05, 3.63) is 34.4 Å². The van der Waals surface area contributed by atoms with Crippen LogP contribution in [0.15, 0.2) is 24.3 Å². The number of non-ortho nitro benzene ring substituents is 1. The highest BCUT2D eigenvalue weighted by Gasteiger charge is 2.21. The van der Waals surface area contributed by atoms with Gasteiger partial charge in [-0.3, -0.25) is 15.0 Å². The summed E-state index contributed by atoms with van der Waals surface area (Å²) in [6.07, 6.45) is -0.491. The average molecular weight is 337 g/mol. The third kappa shape index (κ3) is 5.74. The molecule has 1 aliphatic heterocycles. The van der Waals surface area contributed by atoms with Gasteiger partial charge >= 0.3 is 0 Å². The smallest absolute Gasteiger partial charge is 0.269 e. The van der Waals surface area contributed by atoms with E-state index in [4.69, 9.17) is 4.74 Å². The molecule has 7 heteroatoms. The Hall–Kier alpha value is -1.70. The number of nitro benzene ring substituents is 1. The van der Waals surface area contributed by atoms with Gasteiger partial charge < -0.3 is 14.7 Å². The highest BCUT2D eigenvalue weighted by Crippen LogP contribution is 2.20. The molecule has 1 aliphatic rings. The Morgan fingerprint density at radius 2 is 1.79 bits per heavy atom. The molecule has 0 amide bonds. The van der Waals surface area contributed by atoms with E-state index in [0.717, 1.165) is 31.9 Å². The Morgan fingerprint density at radius 3 is 2.29 bits per heavy atom. The van der Waals surface area contributed by atoms with E-state index < -0.39 is 6.10 Å². The second-order valence-corrected chi connectivity index (χ2v) is 7.14. The fraction of sp³-hybridized carbons (Fsp3) is 0.647. The molecule has 1 aromatic rings. The fourth-order valence-corrected chi connectivity index (χ4v) is 2.67. The molecule has 1 fully saturated rings. The highest BCUT2D eigenvalue weighted by molar-refractivity contribution is 5.51. The summed E-state index contributed by atoms with van der Waals surface area (Å²) < 4.78 is 5.61. The Kier molecular flexibility index (Phi) is 6.15. The first-order chi connectivity index (χ1) is 11.2. The summed E-state index contributed by atoms with van der Waals surface area (Å²) >= 11 is 0. The minimum atomic E-state index is -0.491. The summed E-state index contributed by atoms with van der Waals surface area (Å²) in [4.78, 5) is 14.7. The van der Waals surface area contributed by atoms with Crippen LogP contribution in [-0.4, -0.2) is 66.0 Å². The van der Waals surface area contributed by atoms with Gasteiger partial charge in [0.05, 0.1) is 23.2 Å². The number of benzene rings is 1.